The van der Waals surface area contributed by atoms with Crippen molar-refractivity contribution in [3.8, 4) is 22.5 Å². The second-order valence-electron chi connectivity index (χ2n) is 23.7. The number of aromatic nitrogens is 4. The molecule has 2 aromatic carbocycles. The number of nitrogens with zero attached hydrogens (tertiary/aromatic N) is 6. The maximum Gasteiger partial charge on any atom is 0.308 e. The van der Waals surface area contributed by atoms with Crippen LogP contribution in [0.5, 0.6) is 0 Å². The summed E-state index contributed by atoms with van der Waals surface area (Å²) in [6.45, 7) is 29.9. The van der Waals surface area contributed by atoms with Crippen molar-refractivity contribution >= 4 is 84.4 Å². The van der Waals surface area contributed by atoms with E-state index in [1.165, 1.54) is 89.8 Å². The number of ketones is 2. The summed E-state index contributed by atoms with van der Waals surface area (Å²) in [4.78, 5) is 77.0. The van der Waals surface area contributed by atoms with Gasteiger partial charge in [0.2, 0.25) is 31.9 Å². The Morgan fingerprint density at radius 2 is 0.928 bits per heavy atom. The van der Waals surface area contributed by atoms with E-state index in [2.05, 4.69) is 79.3 Å². The molecule has 0 saturated carbocycles. The predicted octanol–water partition coefficient (Wildman–Crippen LogP) is 11.3. The van der Waals surface area contributed by atoms with Gasteiger partial charge in [-0.1, -0.05) is 69.2 Å². The molecule has 4 aromatic rings. The van der Waals surface area contributed by atoms with Crippen LogP contribution in [-0.4, -0.2) is 136 Å². The number of Topliss-reactive ketones (excluding diaryl/α,β-unsaturated/α-hetero) is 1. The number of halogens is 2. The molecule has 0 aliphatic rings. The van der Waals surface area contributed by atoms with Gasteiger partial charge in [0.1, 0.15) is 17.4 Å². The Hall–Kier alpha value is -6.00. The average molecular weight is 1230 g/mol. The number of carbonyl (C=O) groups is 5. The highest BCUT2D eigenvalue weighted by molar-refractivity contribution is 7.92. The molecule has 460 valence electrons. The van der Waals surface area contributed by atoms with Crippen LogP contribution < -0.4 is 8.61 Å². The fraction of sp³-hybridized carbons (Fsp3) is 0.534. The lowest BCUT2D eigenvalue weighted by Crippen LogP contribution is -2.44. The topological polar surface area (TPSA) is 249 Å². The molecule has 0 unspecified atom stereocenters. The van der Waals surface area contributed by atoms with Crippen molar-refractivity contribution in [2.24, 2.45) is 0 Å². The normalized spacial score (nSPS) is 13.1. The van der Waals surface area contributed by atoms with E-state index in [1.807, 2.05) is 40.8 Å². The summed E-state index contributed by atoms with van der Waals surface area (Å²) in [6, 6.07) is 11.1. The minimum absolute atomic E-state index is 0.0302. The van der Waals surface area contributed by atoms with Crippen molar-refractivity contribution in [2.75, 3.05) is 49.4 Å². The van der Waals surface area contributed by atoms with Gasteiger partial charge in [-0.15, -0.1) is 0 Å². The van der Waals surface area contributed by atoms with Crippen molar-refractivity contribution in [3.63, 3.8) is 0 Å². The maximum atomic E-state index is 13.7. The van der Waals surface area contributed by atoms with E-state index in [9.17, 15) is 49.6 Å². The average Bonchev–Trinajstić information content (AvgIpc) is 3.46. The molecule has 0 aliphatic carbocycles. The number of rotatable bonds is 23. The number of aldehydes is 1. The zero-order valence-corrected chi connectivity index (χ0v) is 55.7. The molecule has 19 nitrogen and oxygen atoms in total. The van der Waals surface area contributed by atoms with Gasteiger partial charge in [0.25, 0.3) is 0 Å². The minimum Gasteiger partial charge on any atom is -0.469 e. The highest BCUT2D eigenvalue weighted by Crippen LogP contribution is 2.40. The maximum absolute atomic E-state index is 13.7. The molecular formula is C58H86F2N6O13S2Si2. The van der Waals surface area contributed by atoms with Gasteiger partial charge in [-0.25, -0.2) is 54.2 Å². The van der Waals surface area contributed by atoms with Gasteiger partial charge in [0, 0.05) is 43.6 Å². The van der Waals surface area contributed by atoms with Crippen LogP contribution in [-0.2, 0) is 57.6 Å². The van der Waals surface area contributed by atoms with E-state index in [-0.39, 0.29) is 94.4 Å². The molecule has 0 amide bonds. The minimum atomic E-state index is -3.67. The first-order valence-electron chi connectivity index (χ1n) is 26.8. The summed E-state index contributed by atoms with van der Waals surface area (Å²) < 4.78 is 98.9. The van der Waals surface area contributed by atoms with Crippen LogP contribution in [0.1, 0.15) is 141 Å². The first-order chi connectivity index (χ1) is 37.9. The molecule has 25 heteroatoms. The van der Waals surface area contributed by atoms with Gasteiger partial charge in [-0.2, -0.15) is 0 Å². The summed E-state index contributed by atoms with van der Waals surface area (Å²) in [5, 5.41) is -0.0765. The molecule has 2 atom stereocenters. The Kier molecular flexibility index (Phi) is 26.6. The van der Waals surface area contributed by atoms with E-state index in [0.29, 0.717) is 40.1 Å². The molecule has 2 aromatic heterocycles. The van der Waals surface area contributed by atoms with E-state index in [4.69, 9.17) is 13.6 Å². The molecular weight excluding hydrogens is 1150 g/mol. The van der Waals surface area contributed by atoms with Crippen LogP contribution >= 0.6 is 0 Å². The lowest BCUT2D eigenvalue weighted by molar-refractivity contribution is -0.144. The fourth-order valence-electron chi connectivity index (χ4n) is 7.17. The van der Waals surface area contributed by atoms with Crippen molar-refractivity contribution in [1.29, 1.82) is 0 Å². The van der Waals surface area contributed by atoms with Gasteiger partial charge in [0.15, 0.2) is 28.7 Å². The van der Waals surface area contributed by atoms with Crippen molar-refractivity contribution < 1.29 is 67.9 Å². The molecule has 0 bridgehead atoms. The molecule has 0 saturated heterocycles. The molecule has 0 fully saturated rings. The van der Waals surface area contributed by atoms with Crippen molar-refractivity contribution in [2.45, 2.75) is 162 Å². The first-order valence-corrected chi connectivity index (χ1v) is 36.3. The Bertz CT molecular complexity index is 3170. The predicted molar refractivity (Wildman–Crippen MR) is 326 cm³/mol. The van der Waals surface area contributed by atoms with Crippen molar-refractivity contribution in [3.05, 3.63) is 88.8 Å². The zero-order chi connectivity index (χ0) is 64.0. The molecule has 83 heavy (non-hydrogen) atoms. The number of sulfonamides is 2. The summed E-state index contributed by atoms with van der Waals surface area (Å²) in [5.74, 6) is -2.29. The molecule has 4 rings (SSSR count). The zero-order valence-electron chi connectivity index (χ0n) is 52.1. The third-order valence-electron chi connectivity index (χ3n) is 14.1. The van der Waals surface area contributed by atoms with Crippen LogP contribution in [0.4, 0.5) is 20.7 Å². The number of ether oxygens (including phenoxy) is 2. The number of esters is 2. The van der Waals surface area contributed by atoms with Gasteiger partial charge in [-0.3, -0.25) is 24.0 Å². The van der Waals surface area contributed by atoms with E-state index >= 15 is 0 Å². The number of hydrogen-bond donors (Lipinski definition) is 0. The van der Waals surface area contributed by atoms with Crippen molar-refractivity contribution in [1.82, 2.24) is 19.9 Å². The first kappa shape index (κ1) is 73.1. The number of methoxy groups -OCH3 is 2. The molecule has 0 spiro atoms. The van der Waals surface area contributed by atoms with Crippen LogP contribution in [0.2, 0.25) is 36.3 Å². The Labute approximate surface area is 492 Å². The third kappa shape index (κ3) is 22.2. The SMILES string of the molecule is CC(C)c1nc(N(C)S(C)(=O)=O)nc(-c2ccc(F)cc2)c1C=O.COC(=O)C[C@@H](CC(=O)/C=C/c1c(-c2ccc(F)cc2)nc(N(C)S(C)(=O)=O)nc1C(C)C)O[Si](C)(C)C(C)(C)C.COC(=O)C[C@@H](CC(C)=O)O[Si](C)(C)C(C)(C)C. The number of anilines is 2. The summed E-state index contributed by atoms with van der Waals surface area (Å²) >= 11 is 0. The van der Waals surface area contributed by atoms with Gasteiger partial charge >= 0.3 is 11.9 Å². The van der Waals surface area contributed by atoms with E-state index in [0.717, 1.165) is 21.1 Å². The summed E-state index contributed by atoms with van der Waals surface area (Å²) in [6.07, 6.45) is 4.97. The van der Waals surface area contributed by atoms with E-state index < -0.39 is 60.4 Å². The molecule has 2 heterocycles. The lowest BCUT2D eigenvalue weighted by Gasteiger charge is -2.39. The van der Waals surface area contributed by atoms with Crippen LogP contribution in [0.15, 0.2) is 54.6 Å². The quantitative estimate of drug-likeness (QED) is 0.0290. The van der Waals surface area contributed by atoms with E-state index in [1.54, 1.807) is 6.08 Å². The Balaban J connectivity index is 0.000000472. The van der Waals surface area contributed by atoms with Gasteiger partial charge in [-0.05, 0) is 116 Å². The third-order valence-corrected chi connectivity index (χ3v) is 25.5. The summed E-state index contributed by atoms with van der Waals surface area (Å²) in [7, 11) is -6.18. The number of allylic oxidation sites excluding steroid dienone is 1. The van der Waals surface area contributed by atoms with Gasteiger partial charge in [0.05, 0.1) is 80.1 Å². The lowest BCUT2D eigenvalue weighted by atomic mass is 9.97. The highest BCUT2D eigenvalue weighted by Gasteiger charge is 2.41. The number of hydrogen-bond acceptors (Lipinski definition) is 17. The highest BCUT2D eigenvalue weighted by atomic mass is 32.2. The second kappa shape index (κ2) is 30.2. The Morgan fingerprint density at radius 3 is 1.23 bits per heavy atom. The fourth-order valence-corrected chi connectivity index (χ4v) is 10.6. The Morgan fingerprint density at radius 1 is 0.590 bits per heavy atom. The smallest absolute Gasteiger partial charge is 0.308 e. The second-order valence-corrected chi connectivity index (χ2v) is 37.3. The molecule has 0 N–H and O–H groups in total. The summed E-state index contributed by atoms with van der Waals surface area (Å²) in [5.41, 5.74) is 3.36. The van der Waals surface area contributed by atoms with Crippen LogP contribution in [0.25, 0.3) is 28.6 Å². The van der Waals surface area contributed by atoms with Crippen LogP contribution in [0, 0.1) is 11.6 Å². The molecule has 0 radical (unpaired) electrons. The standard InChI is InChI=1S/C29H42FN3O6SSi.C16H18FN3O3S.C13H26O4Si/c1-19(2)26-24(16-15-22(34)17-23(18-25(35)38-7)39-41(9,10)29(3,4)5)27(20-11-13-21(30)14-12-20)32-28(31-26)33(6)40(8,36)37;1-10(2)14-13(9-21)15(11-5-7-12(17)8-6-11)19-16(18-14)20(3)24(4,22)23;1-10(14)8-11(9-12(15)16-5)17-18(6,7)13(2,3)4/h11-16,19,23H,17-18H2,1-10H3;5-10H,1-4H3;11H,8-9H2,1-7H3/b16-15+;;/t23-;;11-/m1.1/s1. The van der Waals surface area contributed by atoms with Crippen LogP contribution in [0.3, 0.4) is 0 Å². The monoisotopic (exact) mass is 1230 g/mol. The number of benzene rings is 2. The largest absolute Gasteiger partial charge is 0.469 e. The van der Waals surface area contributed by atoms with Gasteiger partial charge < -0.3 is 18.3 Å². The number of carbonyl (C=O) groups excluding carboxylic acids is 5. The molecule has 0 aliphatic heterocycles.